The number of rotatable bonds is 7. The van der Waals surface area contributed by atoms with Crippen LogP contribution in [0, 0.1) is 6.92 Å². The highest BCUT2D eigenvalue weighted by Crippen LogP contribution is 2.37. The lowest BCUT2D eigenvalue weighted by Gasteiger charge is -2.21. The molecule has 5 rings (SSSR count). The van der Waals surface area contributed by atoms with Gasteiger partial charge in [-0.3, -0.25) is 14.6 Å². The van der Waals surface area contributed by atoms with Gasteiger partial charge in [-0.15, -0.1) is 0 Å². The molecule has 1 saturated carbocycles. The summed E-state index contributed by atoms with van der Waals surface area (Å²) in [6.45, 7) is 3.54. The van der Waals surface area contributed by atoms with E-state index < -0.39 is 21.8 Å². The molecule has 10 heteroatoms. The molecule has 1 aliphatic carbocycles. The van der Waals surface area contributed by atoms with Crippen molar-refractivity contribution < 1.29 is 13.2 Å². The number of nitrogens with zero attached hydrogens (tertiary/aromatic N) is 3. The number of benzene rings is 2. The number of aromatic nitrogens is 3. The zero-order valence-electron chi connectivity index (χ0n) is 21.2. The maximum absolute atomic E-state index is 13.4. The molecule has 1 aliphatic rings. The highest BCUT2D eigenvalue weighted by atomic mass is 35.5. The number of carbonyl (C=O) groups is 1. The van der Waals surface area contributed by atoms with Gasteiger partial charge in [0.15, 0.2) is 9.84 Å². The second kappa shape index (κ2) is 9.96. The number of amides is 1. The minimum absolute atomic E-state index is 0.0848. The molecule has 2 aromatic carbocycles. The summed E-state index contributed by atoms with van der Waals surface area (Å²) in [7, 11) is -3.20. The van der Waals surface area contributed by atoms with Crippen LogP contribution in [0.3, 0.4) is 0 Å². The third-order valence-electron chi connectivity index (χ3n) is 6.59. The molecule has 0 radical (unpaired) electrons. The average molecular weight is 551 g/mol. The van der Waals surface area contributed by atoms with E-state index in [1.807, 2.05) is 19.1 Å². The first-order valence-corrected chi connectivity index (χ1v) is 14.7. The van der Waals surface area contributed by atoms with Crippen LogP contribution in [0.5, 0.6) is 0 Å². The van der Waals surface area contributed by atoms with E-state index in [9.17, 15) is 18.0 Å². The second-order valence-corrected chi connectivity index (χ2v) is 12.4. The van der Waals surface area contributed by atoms with Gasteiger partial charge in [-0.25, -0.2) is 13.4 Å². The van der Waals surface area contributed by atoms with E-state index in [4.69, 9.17) is 11.6 Å². The van der Waals surface area contributed by atoms with Crippen molar-refractivity contribution in [2.75, 3.05) is 6.26 Å². The SMILES string of the molecule is Cc1ncc(-c2cccc(CS(C)(=O)=O)c2)nc1C(=O)N[C@@H](C)c1cc2cccc(Cl)c2c(=O)n1C1CC1. The van der Waals surface area contributed by atoms with Crippen molar-refractivity contribution in [2.24, 2.45) is 0 Å². The maximum atomic E-state index is 13.4. The van der Waals surface area contributed by atoms with Crippen LogP contribution in [0.2, 0.25) is 5.02 Å². The van der Waals surface area contributed by atoms with Gasteiger partial charge in [0, 0.05) is 23.6 Å². The maximum Gasteiger partial charge on any atom is 0.272 e. The molecule has 2 heterocycles. The van der Waals surface area contributed by atoms with Gasteiger partial charge in [0.2, 0.25) is 0 Å². The van der Waals surface area contributed by atoms with E-state index in [1.165, 1.54) is 6.26 Å². The van der Waals surface area contributed by atoms with Crippen LogP contribution in [-0.2, 0) is 15.6 Å². The summed E-state index contributed by atoms with van der Waals surface area (Å²) in [5, 5.41) is 4.61. The van der Waals surface area contributed by atoms with Gasteiger partial charge in [-0.05, 0) is 55.8 Å². The zero-order valence-corrected chi connectivity index (χ0v) is 22.8. The van der Waals surface area contributed by atoms with Crippen molar-refractivity contribution in [3.63, 3.8) is 0 Å². The summed E-state index contributed by atoms with van der Waals surface area (Å²) in [6.07, 6.45) is 4.54. The highest BCUT2D eigenvalue weighted by Gasteiger charge is 2.30. The molecule has 8 nitrogen and oxygen atoms in total. The van der Waals surface area contributed by atoms with Crippen LogP contribution < -0.4 is 10.9 Å². The monoisotopic (exact) mass is 550 g/mol. The first-order chi connectivity index (χ1) is 18.0. The Balaban J connectivity index is 1.47. The highest BCUT2D eigenvalue weighted by molar-refractivity contribution is 7.89. The molecule has 196 valence electrons. The summed E-state index contributed by atoms with van der Waals surface area (Å²) in [6, 6.07) is 13.9. The molecule has 1 atom stereocenters. The number of nitrogens with one attached hydrogen (secondary N) is 1. The zero-order chi connectivity index (χ0) is 27.2. The quantitative estimate of drug-likeness (QED) is 0.354. The number of sulfone groups is 1. The van der Waals surface area contributed by atoms with Gasteiger partial charge < -0.3 is 9.88 Å². The molecule has 0 bridgehead atoms. The summed E-state index contributed by atoms with van der Waals surface area (Å²) < 4.78 is 25.2. The van der Waals surface area contributed by atoms with E-state index in [1.54, 1.807) is 54.1 Å². The Bertz CT molecular complexity index is 1750. The van der Waals surface area contributed by atoms with E-state index in [2.05, 4.69) is 15.3 Å². The molecule has 0 saturated heterocycles. The average Bonchev–Trinajstić information content (AvgIpc) is 3.68. The Labute approximate surface area is 225 Å². The predicted octanol–water partition coefficient (Wildman–Crippen LogP) is 4.79. The van der Waals surface area contributed by atoms with Gasteiger partial charge in [0.1, 0.15) is 5.69 Å². The predicted molar refractivity (Wildman–Crippen MR) is 148 cm³/mol. The van der Waals surface area contributed by atoms with E-state index in [-0.39, 0.29) is 23.0 Å². The molecule has 0 spiro atoms. The Hall–Kier alpha value is -3.56. The van der Waals surface area contributed by atoms with Crippen molar-refractivity contribution in [3.05, 3.63) is 92.7 Å². The molecule has 2 aromatic heterocycles. The lowest BCUT2D eigenvalue weighted by Crippen LogP contribution is -2.33. The molecule has 1 fully saturated rings. The smallest absolute Gasteiger partial charge is 0.272 e. The van der Waals surface area contributed by atoms with Gasteiger partial charge in [-0.1, -0.05) is 41.9 Å². The number of carbonyl (C=O) groups excluding carboxylic acids is 1. The fraction of sp³-hybridized carbons (Fsp3) is 0.286. The molecular formula is C28H27ClN4O4S. The van der Waals surface area contributed by atoms with E-state index in [0.717, 1.165) is 18.2 Å². The lowest BCUT2D eigenvalue weighted by atomic mass is 10.1. The molecule has 1 amide bonds. The summed E-state index contributed by atoms with van der Waals surface area (Å²) in [5.74, 6) is -0.511. The van der Waals surface area contributed by atoms with Crippen LogP contribution in [0.1, 0.15) is 59.3 Å². The standard InChI is InChI=1S/C28H27ClN4O4S/c1-16(24-13-20-8-5-9-22(29)25(20)28(35)33(24)21-10-11-21)31-27(34)26-17(2)30-14-23(32-26)19-7-4-6-18(12-19)15-38(3,36)37/h4-9,12-14,16,21H,10-11,15H2,1-3H3,(H,31,34)/t16-/m0/s1. The summed E-state index contributed by atoms with van der Waals surface area (Å²) in [5.41, 5.74) is 2.91. The molecule has 4 aromatic rings. The molecule has 0 unspecified atom stereocenters. The fourth-order valence-electron chi connectivity index (χ4n) is 4.66. The van der Waals surface area contributed by atoms with Gasteiger partial charge >= 0.3 is 0 Å². The Morgan fingerprint density at radius 2 is 1.92 bits per heavy atom. The van der Waals surface area contributed by atoms with Crippen LogP contribution in [0.15, 0.2) is 59.5 Å². The molecule has 0 aliphatic heterocycles. The van der Waals surface area contributed by atoms with Crippen LogP contribution in [0.25, 0.3) is 22.0 Å². The number of fused-ring (bicyclic) bond motifs is 1. The topological polar surface area (TPSA) is 111 Å². The van der Waals surface area contributed by atoms with Crippen molar-refractivity contribution in [2.45, 2.75) is 44.5 Å². The number of pyridine rings is 1. The minimum atomic E-state index is -3.20. The van der Waals surface area contributed by atoms with Crippen LogP contribution >= 0.6 is 11.6 Å². The minimum Gasteiger partial charge on any atom is -0.343 e. The van der Waals surface area contributed by atoms with Crippen molar-refractivity contribution in [1.29, 1.82) is 0 Å². The second-order valence-electron chi connectivity index (χ2n) is 9.83. The third-order valence-corrected chi connectivity index (χ3v) is 7.76. The van der Waals surface area contributed by atoms with Crippen LogP contribution in [0.4, 0.5) is 0 Å². The summed E-state index contributed by atoms with van der Waals surface area (Å²) in [4.78, 5) is 35.7. The first kappa shape index (κ1) is 26.1. The van der Waals surface area contributed by atoms with Crippen molar-refractivity contribution in [1.82, 2.24) is 19.9 Å². The molecule has 1 N–H and O–H groups in total. The number of aryl methyl sites for hydroxylation is 1. The van der Waals surface area contributed by atoms with E-state index in [0.29, 0.717) is 38.6 Å². The largest absolute Gasteiger partial charge is 0.343 e. The number of hydrogen-bond acceptors (Lipinski definition) is 6. The van der Waals surface area contributed by atoms with Crippen LogP contribution in [-0.4, -0.2) is 35.1 Å². The lowest BCUT2D eigenvalue weighted by molar-refractivity contribution is 0.0932. The third kappa shape index (κ3) is 5.35. The fourth-order valence-corrected chi connectivity index (χ4v) is 5.71. The first-order valence-electron chi connectivity index (χ1n) is 12.3. The van der Waals surface area contributed by atoms with Gasteiger partial charge in [0.25, 0.3) is 11.5 Å². The molecule has 38 heavy (non-hydrogen) atoms. The normalized spacial score (nSPS) is 14.4. The number of halogens is 1. The summed E-state index contributed by atoms with van der Waals surface area (Å²) >= 11 is 6.35. The Kier molecular flexibility index (Phi) is 6.83. The van der Waals surface area contributed by atoms with E-state index >= 15 is 0 Å². The molecular weight excluding hydrogens is 524 g/mol. The van der Waals surface area contributed by atoms with Gasteiger partial charge in [0.05, 0.1) is 39.8 Å². The Morgan fingerprint density at radius 1 is 1.18 bits per heavy atom. The Morgan fingerprint density at radius 3 is 2.63 bits per heavy atom. The number of hydrogen-bond donors (Lipinski definition) is 1. The van der Waals surface area contributed by atoms with Crippen molar-refractivity contribution >= 4 is 38.1 Å². The van der Waals surface area contributed by atoms with Crippen molar-refractivity contribution in [3.8, 4) is 11.3 Å². The van der Waals surface area contributed by atoms with Gasteiger partial charge in [-0.2, -0.15) is 0 Å².